The van der Waals surface area contributed by atoms with Crippen LogP contribution in [0.4, 0.5) is 13.2 Å². The summed E-state index contributed by atoms with van der Waals surface area (Å²) in [5, 5.41) is 0.114. The molecule has 92 valence electrons. The lowest BCUT2D eigenvalue weighted by atomic mass is 10.1. The number of halogens is 3. The second-order valence-electron chi connectivity index (χ2n) is 4.07. The molecule has 1 rings (SSSR count). The molecule has 2 N–H and O–H groups in total. The van der Waals surface area contributed by atoms with Gasteiger partial charge in [0.25, 0.3) is 0 Å². The van der Waals surface area contributed by atoms with E-state index in [-0.39, 0.29) is 11.6 Å². The summed E-state index contributed by atoms with van der Waals surface area (Å²) in [4.78, 5) is 4.80. The zero-order valence-electron chi connectivity index (χ0n) is 9.27. The van der Waals surface area contributed by atoms with E-state index in [1.165, 1.54) is 0 Å². The van der Waals surface area contributed by atoms with Gasteiger partial charge in [0.2, 0.25) is 0 Å². The Labute approximate surface area is 96.7 Å². The number of thiazole rings is 1. The van der Waals surface area contributed by atoms with E-state index in [0.29, 0.717) is 12.3 Å². The summed E-state index contributed by atoms with van der Waals surface area (Å²) in [6.45, 7) is 4.27. The Hall–Kier alpha value is -0.620. The van der Waals surface area contributed by atoms with Gasteiger partial charge in [-0.3, -0.25) is 0 Å². The van der Waals surface area contributed by atoms with E-state index in [1.807, 2.05) is 13.8 Å². The van der Waals surface area contributed by atoms with Crippen LogP contribution in [0.2, 0.25) is 0 Å². The number of aromatic nitrogens is 1. The zero-order chi connectivity index (χ0) is 12.3. The Bertz CT molecular complexity index is 344. The molecule has 0 aliphatic heterocycles. The molecule has 0 spiro atoms. The van der Waals surface area contributed by atoms with E-state index in [0.717, 1.165) is 21.9 Å². The van der Waals surface area contributed by atoms with Gasteiger partial charge in [-0.2, -0.15) is 13.2 Å². The third-order valence-electron chi connectivity index (χ3n) is 1.96. The summed E-state index contributed by atoms with van der Waals surface area (Å²) in [6.07, 6.45) is -4.47. The van der Waals surface area contributed by atoms with Crippen molar-refractivity contribution in [1.29, 1.82) is 0 Å². The van der Waals surface area contributed by atoms with Crippen molar-refractivity contribution in [3.05, 3.63) is 15.6 Å². The van der Waals surface area contributed by atoms with Crippen LogP contribution in [0, 0.1) is 5.92 Å². The number of hydrogen-bond acceptors (Lipinski definition) is 3. The van der Waals surface area contributed by atoms with Gasteiger partial charge in [-0.1, -0.05) is 13.8 Å². The molecule has 0 saturated carbocycles. The first kappa shape index (κ1) is 13.4. The van der Waals surface area contributed by atoms with E-state index in [9.17, 15) is 13.2 Å². The molecule has 0 fully saturated rings. The number of alkyl halides is 3. The van der Waals surface area contributed by atoms with Gasteiger partial charge < -0.3 is 5.73 Å². The second-order valence-corrected chi connectivity index (χ2v) is 5.24. The molecule has 1 aromatic rings. The van der Waals surface area contributed by atoms with Crippen LogP contribution >= 0.6 is 11.3 Å². The molecular weight excluding hydrogens is 237 g/mol. The standard InChI is InChI=1S/C10H15F3N2S/c1-6(2)3-7-8(5-14)16-9(15-7)4-10(11,12)13/h6H,3-5,14H2,1-2H3. The molecule has 0 radical (unpaired) electrons. The van der Waals surface area contributed by atoms with Gasteiger partial charge in [0, 0.05) is 11.4 Å². The predicted octanol–water partition coefficient (Wildman–Crippen LogP) is 2.91. The highest BCUT2D eigenvalue weighted by Crippen LogP contribution is 2.27. The first-order chi connectivity index (χ1) is 7.31. The average molecular weight is 252 g/mol. The lowest BCUT2D eigenvalue weighted by Gasteiger charge is -2.03. The Morgan fingerprint density at radius 3 is 2.44 bits per heavy atom. The van der Waals surface area contributed by atoms with E-state index >= 15 is 0 Å². The first-order valence-electron chi connectivity index (χ1n) is 5.06. The molecule has 0 aliphatic rings. The van der Waals surface area contributed by atoms with E-state index in [1.54, 1.807) is 0 Å². The molecule has 2 nitrogen and oxygen atoms in total. The molecule has 0 aromatic carbocycles. The Morgan fingerprint density at radius 2 is 2.00 bits per heavy atom. The minimum atomic E-state index is -4.20. The Kier molecular flexibility index (Phi) is 4.32. The van der Waals surface area contributed by atoms with Crippen LogP contribution < -0.4 is 5.73 Å². The maximum absolute atomic E-state index is 12.2. The molecule has 1 aromatic heterocycles. The number of nitrogens with zero attached hydrogens (tertiary/aromatic N) is 1. The normalized spacial score (nSPS) is 12.4. The molecule has 0 bridgehead atoms. The van der Waals surface area contributed by atoms with Gasteiger partial charge in [-0.15, -0.1) is 11.3 Å². The molecule has 6 heteroatoms. The predicted molar refractivity (Wildman–Crippen MR) is 58.3 cm³/mol. The van der Waals surface area contributed by atoms with E-state index < -0.39 is 12.6 Å². The summed E-state index contributed by atoms with van der Waals surface area (Å²) < 4.78 is 36.6. The van der Waals surface area contributed by atoms with Crippen molar-refractivity contribution in [2.24, 2.45) is 11.7 Å². The molecule has 1 heterocycles. The third-order valence-corrected chi connectivity index (χ3v) is 3.08. The van der Waals surface area contributed by atoms with Crippen LogP contribution in [0.3, 0.4) is 0 Å². The molecule has 0 unspecified atom stereocenters. The third kappa shape index (κ3) is 4.09. The van der Waals surface area contributed by atoms with Crippen molar-refractivity contribution in [1.82, 2.24) is 4.98 Å². The fraction of sp³-hybridized carbons (Fsp3) is 0.700. The number of rotatable bonds is 4. The highest BCUT2D eigenvalue weighted by molar-refractivity contribution is 7.11. The van der Waals surface area contributed by atoms with Crippen molar-refractivity contribution in [3.8, 4) is 0 Å². The summed E-state index contributed by atoms with van der Waals surface area (Å²) >= 11 is 1.07. The SMILES string of the molecule is CC(C)Cc1nc(CC(F)(F)F)sc1CN. The highest BCUT2D eigenvalue weighted by Gasteiger charge is 2.30. The second kappa shape index (κ2) is 5.14. The minimum absolute atomic E-state index is 0.114. The smallest absolute Gasteiger partial charge is 0.326 e. The van der Waals surface area contributed by atoms with E-state index in [2.05, 4.69) is 4.98 Å². The zero-order valence-corrected chi connectivity index (χ0v) is 10.1. The maximum Gasteiger partial charge on any atom is 0.395 e. The van der Waals surface area contributed by atoms with Crippen LogP contribution in [-0.2, 0) is 19.4 Å². The van der Waals surface area contributed by atoms with Gasteiger partial charge >= 0.3 is 6.18 Å². The van der Waals surface area contributed by atoms with Crippen molar-refractivity contribution in [2.75, 3.05) is 0 Å². The van der Waals surface area contributed by atoms with Crippen LogP contribution in [0.15, 0.2) is 0 Å². The first-order valence-corrected chi connectivity index (χ1v) is 5.87. The van der Waals surface area contributed by atoms with Gasteiger partial charge in [-0.05, 0) is 12.3 Å². The van der Waals surface area contributed by atoms with Gasteiger partial charge in [0.15, 0.2) is 0 Å². The molecule has 16 heavy (non-hydrogen) atoms. The van der Waals surface area contributed by atoms with Gasteiger partial charge in [0.05, 0.1) is 12.1 Å². The molecule has 0 aliphatic carbocycles. The summed E-state index contributed by atoms with van der Waals surface area (Å²) in [7, 11) is 0. The molecule has 0 saturated heterocycles. The number of hydrogen-bond donors (Lipinski definition) is 1. The largest absolute Gasteiger partial charge is 0.395 e. The molecule has 0 amide bonds. The molecule has 0 atom stereocenters. The van der Waals surface area contributed by atoms with Gasteiger partial charge in [-0.25, -0.2) is 4.98 Å². The topological polar surface area (TPSA) is 38.9 Å². The molecular formula is C10H15F3N2S. The summed E-state index contributed by atoms with van der Waals surface area (Å²) in [5.41, 5.74) is 6.22. The van der Waals surface area contributed by atoms with Gasteiger partial charge in [0.1, 0.15) is 5.01 Å². The lowest BCUT2D eigenvalue weighted by molar-refractivity contribution is -0.127. The lowest BCUT2D eigenvalue weighted by Crippen LogP contribution is -2.11. The van der Waals surface area contributed by atoms with Crippen molar-refractivity contribution < 1.29 is 13.2 Å². The summed E-state index contributed by atoms with van der Waals surface area (Å²) in [5.74, 6) is 0.367. The average Bonchev–Trinajstić information content (AvgIpc) is 2.42. The minimum Gasteiger partial charge on any atom is -0.326 e. The summed E-state index contributed by atoms with van der Waals surface area (Å²) in [6, 6.07) is 0. The fourth-order valence-corrected chi connectivity index (χ4v) is 2.40. The Balaban J connectivity index is 2.85. The highest BCUT2D eigenvalue weighted by atomic mass is 32.1. The quantitative estimate of drug-likeness (QED) is 0.894. The van der Waals surface area contributed by atoms with Crippen molar-refractivity contribution in [3.63, 3.8) is 0 Å². The van der Waals surface area contributed by atoms with Crippen LogP contribution in [0.25, 0.3) is 0 Å². The van der Waals surface area contributed by atoms with Crippen LogP contribution in [-0.4, -0.2) is 11.2 Å². The van der Waals surface area contributed by atoms with Crippen LogP contribution in [0.5, 0.6) is 0 Å². The van der Waals surface area contributed by atoms with Crippen molar-refractivity contribution in [2.45, 2.75) is 39.4 Å². The Morgan fingerprint density at radius 1 is 1.38 bits per heavy atom. The maximum atomic E-state index is 12.2. The van der Waals surface area contributed by atoms with Crippen molar-refractivity contribution >= 4 is 11.3 Å². The van der Waals surface area contributed by atoms with E-state index in [4.69, 9.17) is 5.73 Å². The number of nitrogens with two attached hydrogens (primary N) is 1. The monoisotopic (exact) mass is 252 g/mol. The fourth-order valence-electron chi connectivity index (χ4n) is 1.39. The van der Waals surface area contributed by atoms with Crippen LogP contribution in [0.1, 0.15) is 29.4 Å².